The lowest BCUT2D eigenvalue weighted by Gasteiger charge is -2.20. The quantitative estimate of drug-likeness (QED) is 0.113. The summed E-state index contributed by atoms with van der Waals surface area (Å²) >= 11 is 0. The van der Waals surface area contributed by atoms with Gasteiger partial charge in [-0.2, -0.15) is 68.4 Å². The second-order valence-corrected chi connectivity index (χ2v) is 30.2. The van der Waals surface area contributed by atoms with Crippen LogP contribution in [0.3, 0.4) is 0 Å². The summed E-state index contributed by atoms with van der Waals surface area (Å²) in [6, 6.07) is 111. The molecule has 0 amide bonds. The zero-order valence-electron chi connectivity index (χ0n) is 64.7. The van der Waals surface area contributed by atoms with Crippen LogP contribution >= 0.6 is 0 Å². The Bertz CT molecular complexity index is 8430. The minimum Gasteiger partial charge on any atom is -0.309 e. The van der Waals surface area contributed by atoms with E-state index >= 15 is 0 Å². The fourth-order valence-corrected chi connectivity index (χ4v) is 17.7. The third kappa shape index (κ3) is 12.2. The molecule has 0 atom stereocenters. The zero-order chi connectivity index (χ0) is 85.1. The van der Waals surface area contributed by atoms with Crippen molar-refractivity contribution in [3.63, 3.8) is 0 Å². The van der Waals surface area contributed by atoms with Gasteiger partial charge >= 0.3 is 12.4 Å². The van der Waals surface area contributed by atoms with Gasteiger partial charge in [-0.05, 0) is 214 Å². The Morgan fingerprint density at radius 1 is 0.185 bits per heavy atom. The summed E-state index contributed by atoms with van der Waals surface area (Å²) in [4.78, 5) is 0. The zero-order valence-corrected chi connectivity index (χ0v) is 64.7. The first kappa shape index (κ1) is 75.0. The van der Waals surface area contributed by atoms with Gasteiger partial charge in [0.25, 0.3) is 0 Å². The Morgan fingerprint density at radius 2 is 0.484 bits per heavy atom. The monoisotopic (exact) mass is 1610 g/mol. The molecule has 0 radical (unpaired) electrons. The number of hydrogen-bond donors (Lipinski definition) is 0. The van der Waals surface area contributed by atoms with Crippen LogP contribution in [0.5, 0.6) is 0 Å². The highest BCUT2D eigenvalue weighted by Gasteiger charge is 2.35. The topological polar surface area (TPSA) is 210 Å². The smallest absolute Gasteiger partial charge is 0.309 e. The summed E-state index contributed by atoms with van der Waals surface area (Å²) in [6.45, 7) is 0. The van der Waals surface area contributed by atoms with Crippen molar-refractivity contribution in [1.82, 2.24) is 18.3 Å². The number of rotatable bonds is 11. The average Bonchev–Trinajstić information content (AvgIpc) is 1.55. The first-order valence-corrected chi connectivity index (χ1v) is 39.0. The van der Waals surface area contributed by atoms with Crippen molar-refractivity contribution < 1.29 is 26.3 Å². The van der Waals surface area contributed by atoms with Crippen molar-refractivity contribution in [2.24, 2.45) is 0 Å². The van der Waals surface area contributed by atoms with Crippen molar-refractivity contribution in [3.8, 4) is 149 Å². The number of alkyl halides is 6. The van der Waals surface area contributed by atoms with E-state index in [0.29, 0.717) is 133 Å². The van der Waals surface area contributed by atoms with Crippen LogP contribution in [0, 0.1) is 90.6 Å². The van der Waals surface area contributed by atoms with E-state index in [1.165, 1.54) is 12.1 Å². The second-order valence-electron chi connectivity index (χ2n) is 30.2. The number of hydrogen-bond acceptors (Lipinski definition) is 8. The molecular weight excluding hydrogens is 1560 g/mol. The van der Waals surface area contributed by atoms with Gasteiger partial charge in [0.05, 0.1) is 159 Å². The number of aromatic nitrogens is 4. The molecule has 0 N–H and O–H groups in total. The number of halogens is 6. The number of nitriles is 8. The standard InChI is InChI=1S/C106H52F6N12/c107-105(108,109)78-32-36-80(74(41-78)57-117)91-51-99(121-95-12-6-3-9-84(95)88-44-67(29-38-96(88)121)64-19-13-61(53-113)14-20-64)76(59-119)49-103(91)122-97-39-30-68(65-21-15-62(54-114)16-22-65)45-89(97)90-46-72(31-40-98(90)122)87-43-69(25-26-73(87)56-116)71-28-35-85-82-7-1-4-10-93(82)123(101(85)48-71)100-52-92(81-37-33-79(106(110,111)112)42-75(81)58-118)104(50-77(100)60-120)124-94-11-5-2-8-83(94)86-34-27-70(47-102(86)124)66-23-17-63(55-115)18-24-66/h1-52H. The first-order valence-electron chi connectivity index (χ1n) is 39.0. The number of nitrogens with zero attached hydrogens (tertiary/aromatic N) is 12. The highest BCUT2D eigenvalue weighted by molar-refractivity contribution is 6.16. The molecule has 0 bridgehead atoms. The Morgan fingerprint density at radius 3 is 0.887 bits per heavy atom. The molecule has 18 heteroatoms. The summed E-state index contributed by atoms with van der Waals surface area (Å²) in [5.41, 5.74) is 14.4. The Labute approximate surface area is 702 Å². The minimum absolute atomic E-state index is 0.141. The van der Waals surface area contributed by atoms with Crippen LogP contribution in [0.2, 0.25) is 0 Å². The van der Waals surface area contributed by atoms with Gasteiger partial charge in [-0.25, -0.2) is 0 Å². The van der Waals surface area contributed by atoms with Crippen molar-refractivity contribution >= 4 is 87.2 Å². The van der Waals surface area contributed by atoms with Gasteiger partial charge in [0.1, 0.15) is 12.1 Å². The predicted molar refractivity (Wildman–Crippen MR) is 470 cm³/mol. The van der Waals surface area contributed by atoms with E-state index in [4.69, 9.17) is 0 Å². The largest absolute Gasteiger partial charge is 0.416 e. The van der Waals surface area contributed by atoms with Crippen LogP contribution in [0.25, 0.3) is 188 Å². The van der Waals surface area contributed by atoms with Crippen LogP contribution in [-0.2, 0) is 12.4 Å². The molecule has 0 aliphatic rings. The van der Waals surface area contributed by atoms with Crippen molar-refractivity contribution in [3.05, 3.63) is 371 Å². The van der Waals surface area contributed by atoms with Gasteiger partial charge < -0.3 is 18.3 Å². The molecule has 4 aromatic heterocycles. The van der Waals surface area contributed by atoms with Crippen LogP contribution < -0.4 is 0 Å². The third-order valence-electron chi connectivity index (χ3n) is 23.6. The maximum absolute atomic E-state index is 14.8. The minimum atomic E-state index is -4.82. The van der Waals surface area contributed by atoms with E-state index in [0.717, 1.165) is 90.0 Å². The normalized spacial score (nSPS) is 11.6. The summed E-state index contributed by atoms with van der Waals surface area (Å²) in [6.07, 6.45) is -9.62. The van der Waals surface area contributed by atoms with E-state index in [1.807, 2.05) is 231 Å². The lowest BCUT2D eigenvalue weighted by molar-refractivity contribution is -0.138. The molecule has 0 fully saturated rings. The second kappa shape index (κ2) is 29.1. The average molecular weight is 1610 g/mol. The molecule has 0 saturated carbocycles. The maximum Gasteiger partial charge on any atom is 0.416 e. The molecule has 12 nitrogen and oxygen atoms in total. The van der Waals surface area contributed by atoms with E-state index < -0.39 is 23.5 Å². The molecular formula is C106H52F6N12. The number of benzene rings is 16. The fourth-order valence-electron chi connectivity index (χ4n) is 17.7. The summed E-state index contributed by atoms with van der Waals surface area (Å²) < 4.78 is 96.5. The molecule has 0 saturated heterocycles. The molecule has 0 unspecified atom stereocenters. The van der Waals surface area contributed by atoms with Gasteiger partial charge in [-0.3, -0.25) is 0 Å². The van der Waals surface area contributed by atoms with Gasteiger partial charge in [0.15, 0.2) is 0 Å². The number of para-hydroxylation sites is 3. The molecule has 124 heavy (non-hydrogen) atoms. The maximum atomic E-state index is 14.8. The van der Waals surface area contributed by atoms with Crippen LogP contribution in [-0.4, -0.2) is 18.3 Å². The molecule has 0 spiro atoms. The lowest BCUT2D eigenvalue weighted by Crippen LogP contribution is -2.07. The van der Waals surface area contributed by atoms with E-state index in [2.05, 4.69) is 48.6 Å². The van der Waals surface area contributed by atoms with Crippen molar-refractivity contribution in [2.45, 2.75) is 12.4 Å². The lowest BCUT2D eigenvalue weighted by atomic mass is 9.93. The fraction of sp³-hybridized carbons (Fsp3) is 0.0189. The molecule has 0 aliphatic carbocycles. The highest BCUT2D eigenvalue weighted by atomic mass is 19.4. The van der Waals surface area contributed by atoms with Crippen molar-refractivity contribution in [2.75, 3.05) is 0 Å². The summed E-state index contributed by atoms with van der Waals surface area (Å²) in [7, 11) is 0. The van der Waals surface area contributed by atoms with Gasteiger partial charge in [-0.15, -0.1) is 0 Å². The summed E-state index contributed by atoms with van der Waals surface area (Å²) in [5, 5.41) is 92.0. The van der Waals surface area contributed by atoms with Gasteiger partial charge in [0.2, 0.25) is 0 Å². The molecule has 0 aliphatic heterocycles. The van der Waals surface area contributed by atoms with Crippen LogP contribution in [0.15, 0.2) is 315 Å². The Hall–Kier alpha value is -17.8. The SMILES string of the molecule is N#Cc1ccc(-c2ccc3c(c2)c2ccccc2n3-c2cc(-c3ccc(C(F)(F)F)cc3C#N)c(-n3c4ccc(-c5ccc(C#N)cc5)cc4c4cc(-c5cc(-c6ccc7c8ccccc8n(-c8cc(-c9ccc(C(F)(F)F)cc9C#N)c(-n9c%10ccccc%10c%10ccc(-c%11ccc(C#N)cc%11)cc%109)cc8C#N)c7c6)ccc5C#N)ccc43)cc2C#N)cc1. The molecule has 578 valence electrons. The molecule has 20 rings (SSSR count). The van der Waals surface area contributed by atoms with Crippen LogP contribution in [0.4, 0.5) is 26.3 Å². The van der Waals surface area contributed by atoms with E-state index in [9.17, 15) is 68.4 Å². The van der Waals surface area contributed by atoms with E-state index in [1.54, 1.807) is 66.7 Å². The Balaban J connectivity index is 0.781. The molecule has 16 aromatic carbocycles. The van der Waals surface area contributed by atoms with Gasteiger partial charge in [-0.1, -0.05) is 152 Å². The van der Waals surface area contributed by atoms with Crippen LogP contribution in [0.1, 0.15) is 55.6 Å². The first-order chi connectivity index (χ1) is 60.3. The Kier molecular flexibility index (Phi) is 17.6. The van der Waals surface area contributed by atoms with Crippen molar-refractivity contribution in [1.29, 1.82) is 42.1 Å². The predicted octanol–water partition coefficient (Wildman–Crippen LogP) is 26.8. The van der Waals surface area contributed by atoms with E-state index in [-0.39, 0.29) is 33.4 Å². The molecule has 4 heterocycles. The highest BCUT2D eigenvalue weighted by Crippen LogP contribution is 2.49. The molecule has 20 aromatic rings. The number of fused-ring (bicyclic) bond motifs is 12. The summed E-state index contributed by atoms with van der Waals surface area (Å²) in [5.74, 6) is 0. The third-order valence-corrected chi connectivity index (χ3v) is 23.6. The van der Waals surface area contributed by atoms with Gasteiger partial charge in [0, 0.05) is 70.9 Å².